The van der Waals surface area contributed by atoms with E-state index in [0.29, 0.717) is 23.6 Å². The van der Waals surface area contributed by atoms with E-state index in [2.05, 4.69) is 59.1 Å². The van der Waals surface area contributed by atoms with Crippen LogP contribution in [-0.2, 0) is 12.8 Å². The van der Waals surface area contributed by atoms with E-state index in [1.54, 1.807) is 0 Å². The fraction of sp³-hybridized carbons (Fsp3) is 0.304. The molecule has 0 aliphatic rings. The molecule has 0 spiro atoms. The third-order valence-electron chi connectivity index (χ3n) is 4.84. The number of benzene rings is 2. The average molecular weight is 394 g/mol. The van der Waals surface area contributed by atoms with Gasteiger partial charge < -0.3 is 10.3 Å². The molecule has 0 saturated heterocycles. The average Bonchev–Trinajstić information content (AvgIpc) is 2.68. The van der Waals surface area contributed by atoms with Crippen molar-refractivity contribution in [3.63, 3.8) is 0 Å². The molecule has 1 aromatic heterocycles. The summed E-state index contributed by atoms with van der Waals surface area (Å²) >= 11 is 4.31. The maximum absolute atomic E-state index is 12.3. The van der Waals surface area contributed by atoms with Crippen LogP contribution in [0.4, 0.5) is 5.82 Å². The van der Waals surface area contributed by atoms with E-state index in [9.17, 15) is 4.79 Å². The van der Waals surface area contributed by atoms with Crippen molar-refractivity contribution in [1.29, 1.82) is 0 Å². The fourth-order valence-electron chi connectivity index (χ4n) is 3.17. The van der Waals surface area contributed by atoms with Crippen molar-refractivity contribution in [1.82, 2.24) is 9.97 Å². The second-order valence-corrected chi connectivity index (χ2v) is 7.77. The third kappa shape index (κ3) is 5.73. The zero-order valence-corrected chi connectivity index (χ0v) is 17.3. The standard InChI is InChI=1S/C23H27N3OS/c1-16(7-6-10-18-8-4-3-5-9-18)24-22-17(2)23(27)26-21(25-22)15-19-11-13-20(28)14-12-19/h3-5,8-9,11-14,16,28H,6-7,10,15H2,1-2H3,(H2,24,25,26,27). The summed E-state index contributed by atoms with van der Waals surface area (Å²) in [6.07, 6.45) is 3.74. The van der Waals surface area contributed by atoms with E-state index in [1.807, 2.05) is 37.3 Å². The highest BCUT2D eigenvalue weighted by molar-refractivity contribution is 7.80. The monoisotopic (exact) mass is 393 g/mol. The van der Waals surface area contributed by atoms with E-state index in [4.69, 9.17) is 0 Å². The molecule has 3 aromatic rings. The Hall–Kier alpha value is -2.53. The molecule has 0 aliphatic heterocycles. The number of aromatic amines is 1. The highest BCUT2D eigenvalue weighted by Gasteiger charge is 2.11. The first-order chi connectivity index (χ1) is 13.5. The number of H-pyrrole nitrogens is 1. The zero-order chi connectivity index (χ0) is 19.9. The van der Waals surface area contributed by atoms with Crippen LogP contribution in [0.15, 0.2) is 64.3 Å². The smallest absolute Gasteiger partial charge is 0.255 e. The Morgan fingerprint density at radius 2 is 1.79 bits per heavy atom. The summed E-state index contributed by atoms with van der Waals surface area (Å²) in [7, 11) is 0. The van der Waals surface area contributed by atoms with Crippen LogP contribution in [0, 0.1) is 6.92 Å². The highest BCUT2D eigenvalue weighted by Crippen LogP contribution is 2.15. The number of hydrogen-bond acceptors (Lipinski definition) is 4. The Labute approximate surface area is 171 Å². The molecule has 2 N–H and O–H groups in total. The first-order valence-electron chi connectivity index (χ1n) is 9.69. The SMILES string of the molecule is Cc1c(NC(C)CCCc2ccccc2)nc(Cc2ccc(S)cc2)[nH]c1=O. The normalized spacial score (nSPS) is 12.0. The van der Waals surface area contributed by atoms with Crippen molar-refractivity contribution < 1.29 is 0 Å². The number of nitrogens with zero attached hydrogens (tertiary/aromatic N) is 1. The molecule has 146 valence electrons. The maximum Gasteiger partial charge on any atom is 0.255 e. The molecule has 1 heterocycles. The molecule has 0 aliphatic carbocycles. The summed E-state index contributed by atoms with van der Waals surface area (Å²) in [6, 6.07) is 18.6. The minimum atomic E-state index is -0.0881. The highest BCUT2D eigenvalue weighted by atomic mass is 32.1. The summed E-state index contributed by atoms with van der Waals surface area (Å²) in [4.78, 5) is 20.8. The number of anilines is 1. The van der Waals surface area contributed by atoms with Crippen LogP contribution in [0.1, 0.15) is 42.3 Å². The van der Waals surface area contributed by atoms with Gasteiger partial charge in [0, 0.05) is 17.4 Å². The first kappa shape index (κ1) is 20.2. The molecule has 0 amide bonds. The fourth-order valence-corrected chi connectivity index (χ4v) is 3.32. The largest absolute Gasteiger partial charge is 0.367 e. The van der Waals surface area contributed by atoms with Crippen molar-refractivity contribution in [3.8, 4) is 0 Å². The lowest BCUT2D eigenvalue weighted by Gasteiger charge is -2.16. The van der Waals surface area contributed by atoms with Crippen molar-refractivity contribution in [2.45, 2.75) is 50.5 Å². The van der Waals surface area contributed by atoms with Gasteiger partial charge in [-0.2, -0.15) is 0 Å². The summed E-state index contributed by atoms with van der Waals surface area (Å²) in [5.74, 6) is 1.35. The summed E-state index contributed by atoms with van der Waals surface area (Å²) in [5.41, 5.74) is 2.99. The van der Waals surface area contributed by atoms with Crippen LogP contribution in [0.5, 0.6) is 0 Å². The molecule has 0 saturated carbocycles. The number of aromatic nitrogens is 2. The van der Waals surface area contributed by atoms with Gasteiger partial charge in [0.1, 0.15) is 11.6 Å². The van der Waals surface area contributed by atoms with Gasteiger partial charge in [0.05, 0.1) is 5.56 Å². The minimum Gasteiger partial charge on any atom is -0.367 e. The van der Waals surface area contributed by atoms with Gasteiger partial charge in [0.25, 0.3) is 5.56 Å². The molecule has 2 aromatic carbocycles. The first-order valence-corrected chi connectivity index (χ1v) is 10.1. The molecular weight excluding hydrogens is 366 g/mol. The summed E-state index contributed by atoms with van der Waals surface area (Å²) in [5, 5.41) is 3.43. The van der Waals surface area contributed by atoms with E-state index < -0.39 is 0 Å². The van der Waals surface area contributed by atoms with Crippen LogP contribution in [0.2, 0.25) is 0 Å². The predicted octanol–water partition coefficient (Wildman–Crippen LogP) is 4.78. The second-order valence-electron chi connectivity index (χ2n) is 7.25. The third-order valence-corrected chi connectivity index (χ3v) is 5.13. The van der Waals surface area contributed by atoms with Gasteiger partial charge in [-0.05, 0) is 56.4 Å². The Bertz CT molecular complexity index is 952. The van der Waals surface area contributed by atoms with Crippen molar-refractivity contribution in [2.24, 2.45) is 0 Å². The molecule has 3 rings (SSSR count). The molecule has 1 unspecified atom stereocenters. The van der Waals surface area contributed by atoms with E-state index in [0.717, 1.165) is 29.7 Å². The lowest BCUT2D eigenvalue weighted by molar-refractivity contribution is 0.651. The summed E-state index contributed by atoms with van der Waals surface area (Å²) < 4.78 is 0. The van der Waals surface area contributed by atoms with Crippen molar-refractivity contribution >= 4 is 18.4 Å². The van der Waals surface area contributed by atoms with E-state index >= 15 is 0 Å². The number of nitrogens with one attached hydrogen (secondary N) is 2. The van der Waals surface area contributed by atoms with Gasteiger partial charge in [0.15, 0.2) is 0 Å². The molecule has 28 heavy (non-hydrogen) atoms. The topological polar surface area (TPSA) is 57.8 Å². The number of hydrogen-bond donors (Lipinski definition) is 3. The van der Waals surface area contributed by atoms with Crippen LogP contribution < -0.4 is 10.9 Å². The van der Waals surface area contributed by atoms with Gasteiger partial charge in [-0.3, -0.25) is 4.79 Å². The van der Waals surface area contributed by atoms with Gasteiger partial charge in [0.2, 0.25) is 0 Å². The van der Waals surface area contributed by atoms with Crippen molar-refractivity contribution in [2.75, 3.05) is 5.32 Å². The summed E-state index contributed by atoms with van der Waals surface area (Å²) in [6.45, 7) is 3.95. The minimum absolute atomic E-state index is 0.0881. The van der Waals surface area contributed by atoms with Gasteiger partial charge >= 0.3 is 0 Å². The molecule has 0 fully saturated rings. The van der Waals surface area contributed by atoms with Gasteiger partial charge in [-0.1, -0.05) is 42.5 Å². The molecular formula is C23H27N3OS. The number of rotatable bonds is 8. The van der Waals surface area contributed by atoms with Crippen molar-refractivity contribution in [3.05, 3.63) is 87.5 Å². The molecule has 4 nitrogen and oxygen atoms in total. The van der Waals surface area contributed by atoms with Crippen LogP contribution in [0.3, 0.4) is 0 Å². The van der Waals surface area contributed by atoms with Crippen LogP contribution >= 0.6 is 12.6 Å². The predicted molar refractivity (Wildman–Crippen MR) is 119 cm³/mol. The molecule has 0 radical (unpaired) electrons. The van der Waals surface area contributed by atoms with Gasteiger partial charge in [-0.25, -0.2) is 4.98 Å². The Kier molecular flexibility index (Phi) is 6.93. The van der Waals surface area contributed by atoms with E-state index in [-0.39, 0.29) is 11.6 Å². The Morgan fingerprint density at radius 3 is 2.50 bits per heavy atom. The van der Waals surface area contributed by atoms with Crippen LogP contribution in [0.25, 0.3) is 0 Å². The lowest BCUT2D eigenvalue weighted by atomic mass is 10.1. The zero-order valence-electron chi connectivity index (χ0n) is 16.4. The number of aryl methyl sites for hydroxylation is 1. The Balaban J connectivity index is 1.62. The van der Waals surface area contributed by atoms with Gasteiger partial charge in [-0.15, -0.1) is 12.6 Å². The molecule has 5 heteroatoms. The Morgan fingerprint density at radius 1 is 1.07 bits per heavy atom. The molecule has 1 atom stereocenters. The maximum atomic E-state index is 12.3. The second kappa shape index (κ2) is 9.60. The number of thiol groups is 1. The molecule has 0 bridgehead atoms. The quantitative estimate of drug-likeness (QED) is 0.483. The lowest BCUT2D eigenvalue weighted by Crippen LogP contribution is -2.23. The van der Waals surface area contributed by atoms with Crippen LogP contribution in [-0.4, -0.2) is 16.0 Å². The van der Waals surface area contributed by atoms with E-state index in [1.165, 1.54) is 5.56 Å².